The Morgan fingerprint density at radius 2 is 1.95 bits per heavy atom. The van der Waals surface area contributed by atoms with Crippen LogP contribution in [0.1, 0.15) is 34.1 Å². The number of hydrogen-bond donors (Lipinski definition) is 2. The number of nitrogens with one attached hydrogen (secondary N) is 2. The average molecular weight is 305 g/mol. The van der Waals surface area contributed by atoms with Crippen LogP contribution in [0.2, 0.25) is 0 Å². The molecule has 1 heterocycles. The maximum absolute atomic E-state index is 12.1. The van der Waals surface area contributed by atoms with E-state index in [1.165, 1.54) is 0 Å². The van der Waals surface area contributed by atoms with E-state index in [0.717, 1.165) is 30.9 Å². The first-order valence-electron chi connectivity index (χ1n) is 8.06. The zero-order valence-corrected chi connectivity index (χ0v) is 13.9. The van der Waals surface area contributed by atoms with Gasteiger partial charge in [-0.25, -0.2) is 4.79 Å². The number of carbonyl (C=O) groups is 1. The number of hydrogen-bond acceptors (Lipinski definition) is 3. The molecule has 0 saturated carbocycles. The van der Waals surface area contributed by atoms with Gasteiger partial charge in [-0.1, -0.05) is 19.1 Å². The highest BCUT2D eigenvalue weighted by Crippen LogP contribution is 2.28. The molecule has 2 N–H and O–H groups in total. The lowest BCUT2D eigenvalue weighted by Gasteiger charge is -2.37. The van der Waals surface area contributed by atoms with Gasteiger partial charge >= 0.3 is 6.03 Å². The third-order valence-corrected chi connectivity index (χ3v) is 3.90. The van der Waals surface area contributed by atoms with Crippen molar-refractivity contribution in [2.75, 3.05) is 23.3 Å². The van der Waals surface area contributed by atoms with Crippen LogP contribution in [-0.4, -0.2) is 37.4 Å². The van der Waals surface area contributed by atoms with E-state index in [4.69, 9.17) is 4.74 Å². The van der Waals surface area contributed by atoms with E-state index in [2.05, 4.69) is 36.3 Å². The van der Waals surface area contributed by atoms with Gasteiger partial charge in [-0.05, 0) is 39.3 Å². The smallest absolute Gasteiger partial charge is 0.319 e. The number of rotatable bonds is 4. The summed E-state index contributed by atoms with van der Waals surface area (Å²) in [6.07, 6.45) is 1.28. The van der Waals surface area contributed by atoms with Crippen molar-refractivity contribution in [2.45, 2.75) is 52.4 Å². The van der Waals surface area contributed by atoms with Crippen molar-refractivity contribution in [3.63, 3.8) is 0 Å². The fraction of sp³-hybridized carbons (Fsp3) is 0.588. The molecule has 0 aromatic heterocycles. The monoisotopic (exact) mass is 305 g/mol. The Hall–Kier alpha value is -1.75. The number of anilines is 2. The largest absolute Gasteiger partial charge is 0.372 e. The summed E-state index contributed by atoms with van der Waals surface area (Å²) >= 11 is 0. The maximum Gasteiger partial charge on any atom is 0.319 e. The number of carbonyl (C=O) groups excluding carboxylic acids is 1. The summed E-state index contributed by atoms with van der Waals surface area (Å²) in [4.78, 5) is 14.4. The molecule has 3 atom stereocenters. The minimum Gasteiger partial charge on any atom is -0.372 e. The van der Waals surface area contributed by atoms with Gasteiger partial charge < -0.3 is 20.3 Å². The second-order valence-corrected chi connectivity index (χ2v) is 6.09. The molecular formula is C17H27N3O2. The van der Waals surface area contributed by atoms with Crippen molar-refractivity contribution in [1.82, 2.24) is 5.32 Å². The van der Waals surface area contributed by atoms with Crippen molar-refractivity contribution in [1.29, 1.82) is 0 Å². The lowest BCUT2D eigenvalue weighted by atomic mass is 10.1. The van der Waals surface area contributed by atoms with Crippen LogP contribution in [-0.2, 0) is 4.74 Å². The Balaban J connectivity index is 2.11. The molecule has 1 aliphatic rings. The summed E-state index contributed by atoms with van der Waals surface area (Å²) < 4.78 is 5.78. The molecule has 2 rings (SSSR count). The van der Waals surface area contributed by atoms with E-state index in [0.29, 0.717) is 0 Å². The third kappa shape index (κ3) is 4.37. The van der Waals surface area contributed by atoms with E-state index in [1.54, 1.807) is 0 Å². The number of nitrogens with zero attached hydrogens (tertiary/aromatic N) is 1. The minimum atomic E-state index is -0.156. The first-order chi connectivity index (χ1) is 10.5. The minimum absolute atomic E-state index is 0.156. The Bertz CT molecular complexity index is 496. The van der Waals surface area contributed by atoms with Gasteiger partial charge in [-0.3, -0.25) is 0 Å². The van der Waals surface area contributed by atoms with E-state index >= 15 is 0 Å². The lowest BCUT2D eigenvalue weighted by molar-refractivity contribution is -0.00517. The Labute approximate surface area is 133 Å². The highest BCUT2D eigenvalue weighted by atomic mass is 16.5. The number of para-hydroxylation sites is 2. The fourth-order valence-corrected chi connectivity index (χ4v) is 2.71. The molecule has 1 aromatic rings. The van der Waals surface area contributed by atoms with E-state index < -0.39 is 0 Å². The van der Waals surface area contributed by atoms with Crippen LogP contribution >= 0.6 is 0 Å². The molecule has 22 heavy (non-hydrogen) atoms. The normalized spacial score (nSPS) is 23.0. The molecule has 1 aromatic carbocycles. The van der Waals surface area contributed by atoms with Crippen LogP contribution in [0.15, 0.2) is 24.3 Å². The molecule has 3 unspecified atom stereocenters. The summed E-state index contributed by atoms with van der Waals surface area (Å²) in [6.45, 7) is 9.86. The molecule has 122 valence electrons. The number of urea groups is 1. The molecule has 5 heteroatoms. The highest BCUT2D eigenvalue weighted by Gasteiger charge is 2.24. The van der Waals surface area contributed by atoms with E-state index in [9.17, 15) is 4.79 Å². The average Bonchev–Trinajstić information content (AvgIpc) is 2.46. The first-order valence-corrected chi connectivity index (χ1v) is 8.06. The molecule has 0 radical (unpaired) electrons. The summed E-state index contributed by atoms with van der Waals surface area (Å²) in [5.74, 6) is 0. The highest BCUT2D eigenvalue weighted by molar-refractivity contribution is 5.93. The van der Waals surface area contributed by atoms with Crippen molar-refractivity contribution in [3.05, 3.63) is 24.3 Å². The standard InChI is InChI=1S/C17H27N3O2/c1-5-12(2)18-17(21)19-15-8-6-7-9-16(15)20-10-13(3)22-14(4)11-20/h6-9,12-14H,5,10-11H2,1-4H3,(H2,18,19,21). The molecule has 1 aliphatic heterocycles. The quantitative estimate of drug-likeness (QED) is 0.898. The Kier molecular flexibility index (Phi) is 5.66. The summed E-state index contributed by atoms with van der Waals surface area (Å²) in [7, 11) is 0. The van der Waals surface area contributed by atoms with Gasteiger partial charge in [0.05, 0.1) is 23.6 Å². The zero-order valence-electron chi connectivity index (χ0n) is 13.9. The van der Waals surface area contributed by atoms with E-state index in [1.807, 2.05) is 31.2 Å². The van der Waals surface area contributed by atoms with Crippen LogP contribution in [0.3, 0.4) is 0 Å². The zero-order chi connectivity index (χ0) is 16.1. The van der Waals surface area contributed by atoms with Gasteiger partial charge in [-0.2, -0.15) is 0 Å². The molecule has 1 fully saturated rings. The molecule has 1 saturated heterocycles. The third-order valence-electron chi connectivity index (χ3n) is 3.90. The second-order valence-electron chi connectivity index (χ2n) is 6.09. The molecule has 5 nitrogen and oxygen atoms in total. The molecule has 0 spiro atoms. The Morgan fingerprint density at radius 3 is 2.59 bits per heavy atom. The van der Waals surface area contributed by atoms with Gasteiger partial charge in [0.15, 0.2) is 0 Å². The fourth-order valence-electron chi connectivity index (χ4n) is 2.71. The van der Waals surface area contributed by atoms with Gasteiger partial charge in [0.1, 0.15) is 0 Å². The predicted octanol–water partition coefficient (Wildman–Crippen LogP) is 3.22. The van der Waals surface area contributed by atoms with Crippen LogP contribution in [0, 0.1) is 0 Å². The maximum atomic E-state index is 12.1. The number of morpholine rings is 1. The van der Waals surface area contributed by atoms with Crippen LogP contribution in [0.4, 0.5) is 16.2 Å². The molecule has 0 aliphatic carbocycles. The summed E-state index contributed by atoms with van der Waals surface area (Å²) in [5.41, 5.74) is 1.88. The predicted molar refractivity (Wildman–Crippen MR) is 90.6 cm³/mol. The Morgan fingerprint density at radius 1 is 1.32 bits per heavy atom. The van der Waals surface area contributed by atoms with Gasteiger partial charge in [0, 0.05) is 19.1 Å². The topological polar surface area (TPSA) is 53.6 Å². The van der Waals surface area contributed by atoms with Gasteiger partial charge in [0.2, 0.25) is 0 Å². The van der Waals surface area contributed by atoms with Crippen molar-refractivity contribution in [2.24, 2.45) is 0 Å². The number of ether oxygens (including phenoxy) is 1. The van der Waals surface area contributed by atoms with Crippen molar-refractivity contribution >= 4 is 17.4 Å². The second kappa shape index (κ2) is 7.49. The SMILES string of the molecule is CCC(C)NC(=O)Nc1ccccc1N1CC(C)OC(C)C1. The number of benzene rings is 1. The molecule has 0 bridgehead atoms. The van der Waals surface area contributed by atoms with Crippen LogP contribution in [0.5, 0.6) is 0 Å². The number of amides is 2. The van der Waals surface area contributed by atoms with Crippen LogP contribution in [0.25, 0.3) is 0 Å². The van der Waals surface area contributed by atoms with Crippen molar-refractivity contribution < 1.29 is 9.53 Å². The molecular weight excluding hydrogens is 278 g/mol. The first kappa shape index (κ1) is 16.6. The molecule has 2 amide bonds. The van der Waals surface area contributed by atoms with Gasteiger partial charge in [-0.15, -0.1) is 0 Å². The summed E-state index contributed by atoms with van der Waals surface area (Å²) in [5, 5.41) is 5.90. The van der Waals surface area contributed by atoms with E-state index in [-0.39, 0.29) is 24.3 Å². The summed E-state index contributed by atoms with van der Waals surface area (Å²) in [6, 6.07) is 7.93. The van der Waals surface area contributed by atoms with Crippen LogP contribution < -0.4 is 15.5 Å². The van der Waals surface area contributed by atoms with Crippen molar-refractivity contribution in [3.8, 4) is 0 Å². The van der Waals surface area contributed by atoms with Gasteiger partial charge in [0.25, 0.3) is 0 Å². The lowest BCUT2D eigenvalue weighted by Crippen LogP contribution is -2.46.